The van der Waals surface area contributed by atoms with E-state index in [2.05, 4.69) is 4.99 Å². The zero-order chi connectivity index (χ0) is 18.8. The van der Waals surface area contributed by atoms with E-state index in [1.54, 1.807) is 48.5 Å². The summed E-state index contributed by atoms with van der Waals surface area (Å²) in [7, 11) is 0. The van der Waals surface area contributed by atoms with Crippen LogP contribution in [0.25, 0.3) is 0 Å². The number of carbonyl (C=O) groups is 2. The number of benzene rings is 2. The summed E-state index contributed by atoms with van der Waals surface area (Å²) >= 11 is 0. The summed E-state index contributed by atoms with van der Waals surface area (Å²) in [6, 6.07) is 17.7. The van der Waals surface area contributed by atoms with E-state index in [1.165, 1.54) is 6.19 Å². The Morgan fingerprint density at radius 1 is 0.923 bits per heavy atom. The van der Waals surface area contributed by atoms with Crippen LogP contribution < -0.4 is 5.73 Å². The van der Waals surface area contributed by atoms with Gasteiger partial charge >= 0.3 is 12.2 Å². The van der Waals surface area contributed by atoms with Gasteiger partial charge in [-0.2, -0.15) is 5.26 Å². The van der Waals surface area contributed by atoms with Crippen molar-refractivity contribution >= 4 is 18.1 Å². The lowest BCUT2D eigenvalue weighted by Crippen LogP contribution is -2.46. The first-order valence-corrected chi connectivity index (χ1v) is 7.55. The maximum atomic E-state index is 12.2. The lowest BCUT2D eigenvalue weighted by atomic mass is 10.2. The molecule has 132 valence electrons. The molecular formula is C18H16N4O4. The number of aliphatic imine (C=N–C) groups is 1. The molecule has 0 aliphatic heterocycles. The third-order valence-electron chi connectivity index (χ3n) is 3.17. The summed E-state index contributed by atoms with van der Waals surface area (Å²) < 4.78 is 10.1. The van der Waals surface area contributed by atoms with Crippen LogP contribution in [0.5, 0.6) is 0 Å². The second-order valence-electron chi connectivity index (χ2n) is 4.99. The molecule has 0 radical (unpaired) electrons. The lowest BCUT2D eigenvalue weighted by molar-refractivity contribution is 0.0888. The molecule has 0 saturated heterocycles. The summed E-state index contributed by atoms with van der Waals surface area (Å²) in [4.78, 5) is 28.0. The van der Waals surface area contributed by atoms with Crippen molar-refractivity contribution in [3.8, 4) is 6.19 Å². The Bertz CT molecular complexity index is 761. The molecule has 0 atom stereocenters. The first-order valence-electron chi connectivity index (χ1n) is 7.55. The molecule has 0 aliphatic rings. The van der Waals surface area contributed by atoms with Gasteiger partial charge in [0, 0.05) is 0 Å². The maximum absolute atomic E-state index is 12.2. The molecule has 0 heterocycles. The zero-order valence-corrected chi connectivity index (χ0v) is 13.7. The topological polar surface area (TPSA) is 118 Å². The number of ether oxygens (including phenoxy) is 2. The summed E-state index contributed by atoms with van der Waals surface area (Å²) in [6.07, 6.45) is -0.777. The number of carbonyl (C=O) groups excluding carboxylic acids is 2. The van der Waals surface area contributed by atoms with Crippen LogP contribution in [0, 0.1) is 11.5 Å². The van der Waals surface area contributed by atoms with Gasteiger partial charge in [0.15, 0.2) is 0 Å². The minimum atomic E-state index is -1.09. The summed E-state index contributed by atoms with van der Waals surface area (Å²) in [5.74, 6) is -0.636. The highest BCUT2D eigenvalue weighted by atomic mass is 16.6. The molecule has 0 unspecified atom stereocenters. The predicted molar refractivity (Wildman–Crippen MR) is 92.3 cm³/mol. The Balaban J connectivity index is 2.04. The lowest BCUT2D eigenvalue weighted by Gasteiger charge is -2.18. The first-order chi connectivity index (χ1) is 12.6. The van der Waals surface area contributed by atoms with E-state index >= 15 is 0 Å². The molecule has 8 heteroatoms. The van der Waals surface area contributed by atoms with Crippen molar-refractivity contribution in [1.82, 2.24) is 4.90 Å². The molecule has 8 nitrogen and oxygen atoms in total. The molecule has 0 saturated carbocycles. The largest absolute Gasteiger partial charge is 0.444 e. The van der Waals surface area contributed by atoms with Crippen LogP contribution in [-0.4, -0.2) is 23.0 Å². The third kappa shape index (κ3) is 5.35. The van der Waals surface area contributed by atoms with Crippen molar-refractivity contribution in [2.45, 2.75) is 13.2 Å². The van der Waals surface area contributed by atoms with Gasteiger partial charge in [-0.05, 0) is 11.1 Å². The van der Waals surface area contributed by atoms with Gasteiger partial charge in [0.25, 0.3) is 0 Å². The Morgan fingerprint density at radius 2 is 1.35 bits per heavy atom. The van der Waals surface area contributed by atoms with Gasteiger partial charge in [-0.25, -0.2) is 9.59 Å². The zero-order valence-electron chi connectivity index (χ0n) is 13.7. The Kier molecular flexibility index (Phi) is 6.71. The highest BCUT2D eigenvalue weighted by molar-refractivity contribution is 6.07. The first kappa shape index (κ1) is 18.5. The third-order valence-corrected chi connectivity index (χ3v) is 3.17. The average Bonchev–Trinajstić information content (AvgIpc) is 2.67. The monoisotopic (exact) mass is 352 g/mol. The molecule has 0 aliphatic carbocycles. The van der Waals surface area contributed by atoms with E-state index in [1.807, 2.05) is 12.1 Å². The number of amides is 2. The SMILES string of the molecule is N#CN=C(N)N(C(=O)OCc1ccccc1)C(=O)OCc1ccccc1. The van der Waals surface area contributed by atoms with E-state index in [9.17, 15) is 9.59 Å². The fourth-order valence-corrected chi connectivity index (χ4v) is 1.93. The molecule has 2 amide bonds. The van der Waals surface area contributed by atoms with Crippen molar-refractivity contribution < 1.29 is 19.1 Å². The number of hydrogen-bond donors (Lipinski definition) is 1. The van der Waals surface area contributed by atoms with Crippen molar-refractivity contribution in [3.63, 3.8) is 0 Å². The molecule has 2 rings (SSSR count). The summed E-state index contributed by atoms with van der Waals surface area (Å²) in [6.45, 7) is -0.163. The molecule has 0 fully saturated rings. The fraction of sp³-hybridized carbons (Fsp3) is 0.111. The van der Waals surface area contributed by atoms with Gasteiger partial charge in [0.05, 0.1) is 0 Å². The Hall–Kier alpha value is -3.86. The van der Waals surface area contributed by atoms with Crippen LogP contribution in [0.4, 0.5) is 9.59 Å². The molecule has 0 bridgehead atoms. The van der Waals surface area contributed by atoms with Crippen molar-refractivity contribution in [2.24, 2.45) is 10.7 Å². The van der Waals surface area contributed by atoms with E-state index in [0.29, 0.717) is 16.0 Å². The van der Waals surface area contributed by atoms with Crippen LogP contribution in [-0.2, 0) is 22.7 Å². The predicted octanol–water partition coefficient (Wildman–Crippen LogP) is 2.76. The number of hydrogen-bond acceptors (Lipinski definition) is 6. The van der Waals surface area contributed by atoms with E-state index in [4.69, 9.17) is 20.5 Å². The number of rotatable bonds is 4. The highest BCUT2D eigenvalue weighted by Crippen LogP contribution is 2.07. The molecule has 2 aromatic carbocycles. The highest BCUT2D eigenvalue weighted by Gasteiger charge is 2.29. The molecular weight excluding hydrogens is 336 g/mol. The van der Waals surface area contributed by atoms with E-state index < -0.39 is 18.1 Å². The van der Waals surface area contributed by atoms with Crippen LogP contribution in [0.2, 0.25) is 0 Å². The minimum Gasteiger partial charge on any atom is -0.444 e. The molecule has 2 aromatic rings. The van der Waals surface area contributed by atoms with Crippen LogP contribution in [0.3, 0.4) is 0 Å². The second-order valence-corrected chi connectivity index (χ2v) is 4.99. The molecule has 26 heavy (non-hydrogen) atoms. The van der Waals surface area contributed by atoms with Gasteiger partial charge in [-0.1, -0.05) is 60.7 Å². The molecule has 0 aromatic heterocycles. The fourth-order valence-electron chi connectivity index (χ4n) is 1.93. The minimum absolute atomic E-state index is 0.0814. The average molecular weight is 352 g/mol. The summed E-state index contributed by atoms with van der Waals surface area (Å²) in [5, 5.41) is 8.62. The Morgan fingerprint density at radius 3 is 1.73 bits per heavy atom. The van der Waals surface area contributed by atoms with Crippen LogP contribution in [0.15, 0.2) is 65.7 Å². The van der Waals surface area contributed by atoms with Gasteiger partial charge in [0.2, 0.25) is 12.2 Å². The van der Waals surface area contributed by atoms with Gasteiger partial charge in [-0.3, -0.25) is 0 Å². The summed E-state index contributed by atoms with van der Waals surface area (Å²) in [5.41, 5.74) is 6.95. The number of nitriles is 1. The van der Waals surface area contributed by atoms with E-state index in [-0.39, 0.29) is 13.2 Å². The number of nitrogens with zero attached hydrogens (tertiary/aromatic N) is 3. The van der Waals surface area contributed by atoms with Crippen molar-refractivity contribution in [1.29, 1.82) is 5.26 Å². The van der Waals surface area contributed by atoms with Crippen molar-refractivity contribution in [3.05, 3.63) is 71.8 Å². The van der Waals surface area contributed by atoms with Crippen LogP contribution >= 0.6 is 0 Å². The number of guanidine groups is 1. The quantitative estimate of drug-likeness (QED) is 0.513. The number of nitrogens with two attached hydrogens (primary N) is 1. The smallest absolute Gasteiger partial charge is 0.426 e. The van der Waals surface area contributed by atoms with E-state index in [0.717, 1.165) is 0 Å². The van der Waals surface area contributed by atoms with Crippen LogP contribution in [0.1, 0.15) is 11.1 Å². The number of imide groups is 1. The second kappa shape index (κ2) is 9.44. The standard InChI is InChI=1S/C18H16N4O4/c19-13-21-16(20)22(17(23)25-11-14-7-3-1-4-8-14)18(24)26-12-15-9-5-2-6-10-15/h1-10H,11-12H2,(H2,20,21). The van der Waals surface area contributed by atoms with Gasteiger partial charge in [-0.15, -0.1) is 9.89 Å². The van der Waals surface area contributed by atoms with Crippen molar-refractivity contribution in [2.75, 3.05) is 0 Å². The normalized spacial score (nSPS) is 10.5. The van der Waals surface area contributed by atoms with Gasteiger partial charge < -0.3 is 15.2 Å². The van der Waals surface area contributed by atoms with Gasteiger partial charge in [0.1, 0.15) is 13.2 Å². The molecule has 0 spiro atoms. The maximum Gasteiger partial charge on any atom is 0.426 e. The molecule has 2 N–H and O–H groups in total. The Labute approximate surface area is 150 Å².